The highest BCUT2D eigenvalue weighted by Gasteiger charge is 2.08. The molecule has 23 heavy (non-hydrogen) atoms. The molecule has 0 atom stereocenters. The molecular formula is C20H20ClFO. The second kappa shape index (κ2) is 8.64. The molecule has 120 valence electrons. The largest absolute Gasteiger partial charge is 0.289 e. The molecule has 0 aliphatic carbocycles. The average molecular weight is 331 g/mol. The van der Waals surface area contributed by atoms with Gasteiger partial charge >= 0.3 is 0 Å². The van der Waals surface area contributed by atoms with Crippen LogP contribution >= 0.6 is 11.6 Å². The van der Waals surface area contributed by atoms with Crippen LogP contribution in [-0.4, -0.2) is 5.78 Å². The zero-order chi connectivity index (χ0) is 16.7. The topological polar surface area (TPSA) is 17.1 Å². The fourth-order valence-corrected chi connectivity index (χ4v) is 2.51. The molecule has 2 rings (SSSR count). The highest BCUT2D eigenvalue weighted by molar-refractivity contribution is 6.30. The summed E-state index contributed by atoms with van der Waals surface area (Å²) in [6.07, 6.45) is 5.77. The van der Waals surface area contributed by atoms with Gasteiger partial charge in [0, 0.05) is 10.6 Å². The number of hydrogen-bond donors (Lipinski definition) is 0. The minimum Gasteiger partial charge on any atom is -0.289 e. The van der Waals surface area contributed by atoms with Gasteiger partial charge in [-0.1, -0.05) is 43.5 Å². The Bertz CT molecular complexity index is 672. The van der Waals surface area contributed by atoms with Crippen LogP contribution in [0.2, 0.25) is 5.02 Å². The molecule has 0 heterocycles. The van der Waals surface area contributed by atoms with E-state index in [0.717, 1.165) is 36.8 Å². The van der Waals surface area contributed by atoms with Gasteiger partial charge < -0.3 is 0 Å². The number of benzene rings is 2. The third-order valence-electron chi connectivity index (χ3n) is 3.70. The Morgan fingerprint density at radius 1 is 1.00 bits per heavy atom. The number of carbonyl (C=O) groups is 1. The molecule has 0 bridgehead atoms. The van der Waals surface area contributed by atoms with E-state index < -0.39 is 0 Å². The lowest BCUT2D eigenvalue weighted by Crippen LogP contribution is -1.97. The van der Waals surface area contributed by atoms with E-state index in [4.69, 9.17) is 11.6 Å². The van der Waals surface area contributed by atoms with Gasteiger partial charge in [0.1, 0.15) is 5.82 Å². The predicted octanol–water partition coefficient (Wildman–Crippen LogP) is 6.33. The van der Waals surface area contributed by atoms with Gasteiger partial charge in [0.15, 0.2) is 5.78 Å². The zero-order valence-electron chi connectivity index (χ0n) is 13.2. The summed E-state index contributed by atoms with van der Waals surface area (Å²) < 4.78 is 13.0. The maximum atomic E-state index is 13.0. The van der Waals surface area contributed by atoms with E-state index in [1.807, 2.05) is 24.3 Å². The molecule has 0 aromatic heterocycles. The predicted molar refractivity (Wildman–Crippen MR) is 94.3 cm³/mol. The second-order valence-corrected chi connectivity index (χ2v) is 5.94. The number of unbranched alkanes of at least 4 members (excludes halogenated alkanes) is 2. The van der Waals surface area contributed by atoms with Crippen LogP contribution in [0.25, 0.3) is 5.57 Å². The summed E-state index contributed by atoms with van der Waals surface area (Å²) in [7, 11) is 0. The normalized spacial score (nSPS) is 11.5. The van der Waals surface area contributed by atoms with Crippen molar-refractivity contribution < 1.29 is 9.18 Å². The van der Waals surface area contributed by atoms with Crippen LogP contribution in [0.5, 0.6) is 0 Å². The first-order chi connectivity index (χ1) is 11.1. The van der Waals surface area contributed by atoms with Crippen molar-refractivity contribution in [2.45, 2.75) is 32.6 Å². The highest BCUT2D eigenvalue weighted by Crippen LogP contribution is 2.24. The van der Waals surface area contributed by atoms with Gasteiger partial charge in [-0.2, -0.15) is 0 Å². The van der Waals surface area contributed by atoms with E-state index in [-0.39, 0.29) is 11.6 Å². The molecule has 0 radical (unpaired) electrons. The number of carbonyl (C=O) groups excluding carboxylic acids is 1. The molecule has 0 fully saturated rings. The molecule has 2 aromatic rings. The van der Waals surface area contributed by atoms with Crippen LogP contribution in [-0.2, 0) is 0 Å². The summed E-state index contributed by atoms with van der Waals surface area (Å²) >= 11 is 5.94. The van der Waals surface area contributed by atoms with Gasteiger partial charge in [-0.05, 0) is 66.5 Å². The number of ketones is 1. The third-order valence-corrected chi connectivity index (χ3v) is 3.95. The van der Waals surface area contributed by atoms with Gasteiger partial charge in [-0.25, -0.2) is 4.39 Å². The first-order valence-corrected chi connectivity index (χ1v) is 8.24. The molecule has 0 unspecified atom stereocenters. The van der Waals surface area contributed by atoms with Crippen molar-refractivity contribution in [1.29, 1.82) is 0 Å². The smallest absolute Gasteiger partial charge is 0.186 e. The molecule has 0 saturated carbocycles. The van der Waals surface area contributed by atoms with Crippen LogP contribution < -0.4 is 0 Å². The lowest BCUT2D eigenvalue weighted by Gasteiger charge is -2.08. The molecular weight excluding hydrogens is 311 g/mol. The maximum absolute atomic E-state index is 13.0. The van der Waals surface area contributed by atoms with Crippen LogP contribution in [0.15, 0.2) is 54.6 Å². The summed E-state index contributed by atoms with van der Waals surface area (Å²) in [4.78, 5) is 12.4. The monoisotopic (exact) mass is 330 g/mol. The van der Waals surface area contributed by atoms with Crippen molar-refractivity contribution in [3.05, 3.63) is 76.6 Å². The minimum absolute atomic E-state index is 0.105. The number of allylic oxidation sites excluding steroid dienone is 2. The zero-order valence-corrected chi connectivity index (χ0v) is 13.9. The van der Waals surface area contributed by atoms with E-state index >= 15 is 0 Å². The number of hydrogen-bond acceptors (Lipinski definition) is 1. The van der Waals surface area contributed by atoms with Gasteiger partial charge in [0.25, 0.3) is 0 Å². The van der Waals surface area contributed by atoms with Crippen LogP contribution in [0.4, 0.5) is 4.39 Å². The van der Waals surface area contributed by atoms with Gasteiger partial charge in [-0.3, -0.25) is 4.79 Å². The van der Waals surface area contributed by atoms with Crippen LogP contribution in [0.1, 0.15) is 48.5 Å². The molecule has 2 aromatic carbocycles. The first kappa shape index (κ1) is 17.4. The SMILES string of the molecule is CCCCCC(=CC(=O)c1ccc(F)cc1)c1ccc(Cl)cc1. The minimum atomic E-state index is -0.341. The molecule has 3 heteroatoms. The quantitative estimate of drug-likeness (QED) is 0.329. The Hall–Kier alpha value is -1.93. The standard InChI is InChI=1S/C20H20ClFO/c1-2-3-4-5-17(15-6-10-18(21)11-7-15)14-20(23)16-8-12-19(22)13-9-16/h6-14H,2-5H2,1H3. The highest BCUT2D eigenvalue weighted by atomic mass is 35.5. The molecule has 0 N–H and O–H groups in total. The Morgan fingerprint density at radius 2 is 1.61 bits per heavy atom. The molecule has 1 nitrogen and oxygen atoms in total. The number of rotatable bonds is 7. The van der Waals surface area contributed by atoms with Gasteiger partial charge in [-0.15, -0.1) is 0 Å². The van der Waals surface area contributed by atoms with E-state index in [0.29, 0.717) is 10.6 Å². The van der Waals surface area contributed by atoms with Crippen molar-refractivity contribution in [2.75, 3.05) is 0 Å². The number of halogens is 2. The summed E-state index contributed by atoms with van der Waals surface area (Å²) in [5, 5.41) is 0.673. The first-order valence-electron chi connectivity index (χ1n) is 7.86. The Morgan fingerprint density at radius 3 is 2.22 bits per heavy atom. The second-order valence-electron chi connectivity index (χ2n) is 5.50. The molecule has 0 amide bonds. The van der Waals surface area contributed by atoms with E-state index in [2.05, 4.69) is 6.92 Å². The van der Waals surface area contributed by atoms with Crippen LogP contribution in [0.3, 0.4) is 0 Å². The van der Waals surface area contributed by atoms with Gasteiger partial charge in [0.2, 0.25) is 0 Å². The van der Waals surface area contributed by atoms with E-state index in [1.54, 1.807) is 6.08 Å². The van der Waals surface area contributed by atoms with Crippen molar-refractivity contribution in [3.63, 3.8) is 0 Å². The van der Waals surface area contributed by atoms with Crippen LogP contribution in [0, 0.1) is 5.82 Å². The van der Waals surface area contributed by atoms with Gasteiger partial charge in [0.05, 0.1) is 0 Å². The Kier molecular flexibility index (Phi) is 6.54. The lowest BCUT2D eigenvalue weighted by molar-refractivity contribution is 0.104. The molecule has 0 spiro atoms. The summed E-state index contributed by atoms with van der Waals surface area (Å²) in [6, 6.07) is 13.1. The Labute approximate surface area is 141 Å². The summed E-state index contributed by atoms with van der Waals surface area (Å²) in [5.74, 6) is -0.446. The summed E-state index contributed by atoms with van der Waals surface area (Å²) in [6.45, 7) is 2.15. The molecule has 0 aliphatic rings. The fraction of sp³-hybridized carbons (Fsp3) is 0.250. The maximum Gasteiger partial charge on any atom is 0.186 e. The molecule has 0 saturated heterocycles. The fourth-order valence-electron chi connectivity index (χ4n) is 2.38. The van der Waals surface area contributed by atoms with Crippen molar-refractivity contribution in [3.8, 4) is 0 Å². The average Bonchev–Trinajstić information content (AvgIpc) is 2.55. The van der Waals surface area contributed by atoms with Crippen molar-refractivity contribution >= 4 is 23.0 Å². The lowest BCUT2D eigenvalue weighted by atomic mass is 9.97. The van der Waals surface area contributed by atoms with E-state index in [1.165, 1.54) is 24.3 Å². The van der Waals surface area contributed by atoms with Crippen molar-refractivity contribution in [2.24, 2.45) is 0 Å². The summed E-state index contributed by atoms with van der Waals surface area (Å²) in [5.41, 5.74) is 2.48. The molecule has 0 aliphatic heterocycles. The van der Waals surface area contributed by atoms with E-state index in [9.17, 15) is 9.18 Å². The van der Waals surface area contributed by atoms with Crippen molar-refractivity contribution in [1.82, 2.24) is 0 Å². The third kappa shape index (κ3) is 5.33. The Balaban J connectivity index is 2.25.